The van der Waals surface area contributed by atoms with Gasteiger partial charge < -0.3 is 14.8 Å². The Morgan fingerprint density at radius 1 is 1.30 bits per heavy atom. The van der Waals surface area contributed by atoms with Crippen LogP contribution in [0.5, 0.6) is 11.5 Å². The van der Waals surface area contributed by atoms with Gasteiger partial charge in [-0.2, -0.15) is 0 Å². The van der Waals surface area contributed by atoms with Gasteiger partial charge >= 0.3 is 0 Å². The predicted octanol–water partition coefficient (Wildman–Crippen LogP) is 2.88. The van der Waals surface area contributed by atoms with Crippen molar-refractivity contribution in [2.45, 2.75) is 19.9 Å². The summed E-state index contributed by atoms with van der Waals surface area (Å²) in [6, 6.07) is 6.03. The van der Waals surface area contributed by atoms with Gasteiger partial charge in [0.1, 0.15) is 0 Å². The fraction of sp³-hybridized carbons (Fsp3) is 0.400. The molecule has 108 valence electrons. The second-order valence-corrected chi connectivity index (χ2v) is 5.04. The molecular formula is C15H20N2O2S. The molecule has 0 spiro atoms. The van der Waals surface area contributed by atoms with Crippen LogP contribution in [0, 0.1) is 0 Å². The second kappa shape index (κ2) is 7.87. The lowest BCUT2D eigenvalue weighted by molar-refractivity contribution is 0.310. The van der Waals surface area contributed by atoms with Gasteiger partial charge in [-0.05, 0) is 24.6 Å². The quantitative estimate of drug-likeness (QED) is 0.760. The van der Waals surface area contributed by atoms with E-state index in [9.17, 15) is 0 Å². The number of thiazole rings is 1. The van der Waals surface area contributed by atoms with Crippen molar-refractivity contribution in [3.63, 3.8) is 0 Å². The first-order chi connectivity index (χ1) is 9.83. The maximum atomic E-state index is 5.50. The molecule has 20 heavy (non-hydrogen) atoms. The number of ether oxygens (including phenoxy) is 2. The SMILES string of the molecule is CCOc1ccc(CNCCc2cscn2)cc1OC. The molecule has 2 rings (SSSR count). The number of hydrogen-bond acceptors (Lipinski definition) is 5. The van der Waals surface area contributed by atoms with Gasteiger partial charge in [0, 0.05) is 24.9 Å². The molecule has 0 saturated carbocycles. The number of nitrogens with one attached hydrogen (secondary N) is 1. The van der Waals surface area contributed by atoms with Gasteiger partial charge in [-0.1, -0.05) is 6.07 Å². The maximum absolute atomic E-state index is 5.50. The van der Waals surface area contributed by atoms with E-state index < -0.39 is 0 Å². The van der Waals surface area contributed by atoms with Crippen molar-refractivity contribution in [1.29, 1.82) is 0 Å². The van der Waals surface area contributed by atoms with Crippen LogP contribution >= 0.6 is 11.3 Å². The molecule has 1 N–H and O–H groups in total. The summed E-state index contributed by atoms with van der Waals surface area (Å²) in [6.07, 6.45) is 0.956. The molecule has 0 saturated heterocycles. The fourth-order valence-corrected chi connectivity index (χ4v) is 2.50. The number of rotatable bonds is 8. The van der Waals surface area contributed by atoms with Gasteiger partial charge in [-0.3, -0.25) is 0 Å². The minimum atomic E-state index is 0.640. The summed E-state index contributed by atoms with van der Waals surface area (Å²) in [6.45, 7) is 4.33. The van der Waals surface area contributed by atoms with E-state index in [0.717, 1.165) is 36.7 Å². The van der Waals surface area contributed by atoms with Crippen LogP contribution in [0.15, 0.2) is 29.1 Å². The van der Waals surface area contributed by atoms with Crippen molar-refractivity contribution in [1.82, 2.24) is 10.3 Å². The zero-order valence-electron chi connectivity index (χ0n) is 11.9. The van der Waals surface area contributed by atoms with Gasteiger partial charge in [0.05, 0.1) is 24.9 Å². The fourth-order valence-electron chi connectivity index (χ4n) is 1.91. The summed E-state index contributed by atoms with van der Waals surface area (Å²) in [5.74, 6) is 1.58. The number of benzene rings is 1. The molecule has 1 aromatic carbocycles. The Morgan fingerprint density at radius 2 is 2.20 bits per heavy atom. The minimum absolute atomic E-state index is 0.640. The highest BCUT2D eigenvalue weighted by atomic mass is 32.1. The maximum Gasteiger partial charge on any atom is 0.161 e. The molecule has 0 bridgehead atoms. The Balaban J connectivity index is 1.83. The summed E-state index contributed by atoms with van der Waals surface area (Å²) in [7, 11) is 1.66. The van der Waals surface area contributed by atoms with E-state index in [4.69, 9.17) is 9.47 Å². The molecule has 0 aliphatic carbocycles. The van der Waals surface area contributed by atoms with Crippen LogP contribution in [-0.4, -0.2) is 25.2 Å². The van der Waals surface area contributed by atoms with Crippen molar-refractivity contribution in [2.75, 3.05) is 20.3 Å². The molecule has 5 heteroatoms. The monoisotopic (exact) mass is 292 g/mol. The van der Waals surface area contributed by atoms with Gasteiger partial charge in [0.25, 0.3) is 0 Å². The summed E-state index contributed by atoms with van der Waals surface area (Å²) >= 11 is 1.64. The first-order valence-electron chi connectivity index (χ1n) is 6.71. The van der Waals surface area contributed by atoms with E-state index >= 15 is 0 Å². The van der Waals surface area contributed by atoms with E-state index in [1.54, 1.807) is 18.4 Å². The highest BCUT2D eigenvalue weighted by molar-refractivity contribution is 7.07. The number of methoxy groups -OCH3 is 1. The average Bonchev–Trinajstić information content (AvgIpc) is 2.98. The van der Waals surface area contributed by atoms with Crippen LogP contribution in [0.1, 0.15) is 18.2 Å². The number of nitrogens with zero attached hydrogens (tertiary/aromatic N) is 1. The Morgan fingerprint density at radius 3 is 2.90 bits per heavy atom. The van der Waals surface area contributed by atoms with Gasteiger partial charge in [0.15, 0.2) is 11.5 Å². The van der Waals surface area contributed by atoms with Crippen molar-refractivity contribution in [2.24, 2.45) is 0 Å². The van der Waals surface area contributed by atoms with Crippen molar-refractivity contribution < 1.29 is 9.47 Å². The Kier molecular flexibility index (Phi) is 5.83. The van der Waals surface area contributed by atoms with E-state index in [-0.39, 0.29) is 0 Å². The summed E-state index contributed by atoms with van der Waals surface area (Å²) in [5, 5.41) is 5.50. The third-order valence-electron chi connectivity index (χ3n) is 2.90. The molecule has 4 nitrogen and oxygen atoms in total. The van der Waals surface area contributed by atoms with Crippen molar-refractivity contribution in [3.05, 3.63) is 40.3 Å². The first-order valence-corrected chi connectivity index (χ1v) is 7.65. The molecular weight excluding hydrogens is 272 g/mol. The average molecular weight is 292 g/mol. The molecule has 1 aromatic heterocycles. The van der Waals surface area contributed by atoms with Crippen LogP contribution < -0.4 is 14.8 Å². The lowest BCUT2D eigenvalue weighted by Crippen LogP contribution is -2.16. The molecule has 0 fully saturated rings. The predicted molar refractivity (Wildman–Crippen MR) is 81.7 cm³/mol. The largest absolute Gasteiger partial charge is 0.493 e. The molecule has 2 aromatic rings. The molecule has 0 atom stereocenters. The van der Waals surface area contributed by atoms with E-state index in [0.29, 0.717) is 6.61 Å². The second-order valence-electron chi connectivity index (χ2n) is 4.32. The first kappa shape index (κ1) is 14.8. The topological polar surface area (TPSA) is 43.4 Å². The number of aromatic nitrogens is 1. The summed E-state index contributed by atoms with van der Waals surface area (Å²) in [4.78, 5) is 4.26. The van der Waals surface area contributed by atoms with Crippen LogP contribution in [0.25, 0.3) is 0 Å². The third kappa shape index (κ3) is 4.21. The van der Waals surface area contributed by atoms with Crippen LogP contribution in [0.3, 0.4) is 0 Å². The molecule has 0 aliphatic rings. The summed E-state index contributed by atoms with van der Waals surface area (Å²) < 4.78 is 10.8. The number of hydrogen-bond donors (Lipinski definition) is 1. The van der Waals surface area contributed by atoms with Gasteiger partial charge in [-0.25, -0.2) is 4.98 Å². The Labute approximate surface area is 123 Å². The van der Waals surface area contributed by atoms with Crippen molar-refractivity contribution in [3.8, 4) is 11.5 Å². The molecule has 0 aliphatic heterocycles. The normalized spacial score (nSPS) is 10.5. The van der Waals surface area contributed by atoms with Crippen molar-refractivity contribution >= 4 is 11.3 Å². The smallest absolute Gasteiger partial charge is 0.161 e. The highest BCUT2D eigenvalue weighted by Gasteiger charge is 2.05. The Hall–Kier alpha value is -1.59. The van der Waals surface area contributed by atoms with E-state index in [2.05, 4.69) is 21.7 Å². The van der Waals surface area contributed by atoms with Crippen LogP contribution in [-0.2, 0) is 13.0 Å². The third-order valence-corrected chi connectivity index (χ3v) is 3.53. The molecule has 0 unspecified atom stereocenters. The van der Waals surface area contributed by atoms with Gasteiger partial charge in [-0.15, -0.1) is 11.3 Å². The van der Waals surface area contributed by atoms with E-state index in [1.165, 1.54) is 5.56 Å². The summed E-state index contributed by atoms with van der Waals surface area (Å²) in [5.41, 5.74) is 4.20. The van der Waals surface area contributed by atoms with Crippen LogP contribution in [0.4, 0.5) is 0 Å². The lowest BCUT2D eigenvalue weighted by Gasteiger charge is -2.11. The Bertz CT molecular complexity index is 515. The standard InChI is InChI=1S/C15H20N2O2S/c1-3-19-14-5-4-12(8-15(14)18-2)9-16-7-6-13-10-20-11-17-13/h4-5,8,10-11,16H,3,6-7,9H2,1-2H3. The highest BCUT2D eigenvalue weighted by Crippen LogP contribution is 2.27. The molecule has 0 amide bonds. The lowest BCUT2D eigenvalue weighted by atomic mass is 10.2. The zero-order valence-corrected chi connectivity index (χ0v) is 12.7. The van der Waals surface area contributed by atoms with Gasteiger partial charge in [0.2, 0.25) is 0 Å². The molecule has 0 radical (unpaired) electrons. The van der Waals surface area contributed by atoms with E-state index in [1.807, 2.05) is 24.6 Å². The minimum Gasteiger partial charge on any atom is -0.493 e. The molecule has 1 heterocycles. The van der Waals surface area contributed by atoms with Crippen LogP contribution in [0.2, 0.25) is 0 Å². The zero-order chi connectivity index (χ0) is 14.2.